The topological polar surface area (TPSA) is 169 Å². The third kappa shape index (κ3) is 4.95. The number of nitrogens with zero attached hydrogens (tertiary/aromatic N) is 6. The van der Waals surface area contributed by atoms with Crippen molar-refractivity contribution >= 4 is 22.9 Å². The summed E-state index contributed by atoms with van der Waals surface area (Å²) in [6, 6.07) is 24.1. The van der Waals surface area contributed by atoms with Gasteiger partial charge in [-0.05, 0) is 5.56 Å². The molecule has 0 aromatic heterocycles. The summed E-state index contributed by atoms with van der Waals surface area (Å²) in [5.41, 5.74) is 28.7. The van der Waals surface area contributed by atoms with E-state index in [4.69, 9.17) is 22.1 Å². The summed E-state index contributed by atoms with van der Waals surface area (Å²) in [7, 11) is 0. The van der Waals surface area contributed by atoms with Crippen molar-refractivity contribution in [1.29, 1.82) is 0 Å². The van der Waals surface area contributed by atoms with Gasteiger partial charge in [-0.25, -0.2) is 0 Å². The lowest BCUT2D eigenvalue weighted by Gasteiger charge is -2.20. The fourth-order valence-electron chi connectivity index (χ4n) is 3.21. The second-order valence-corrected chi connectivity index (χ2v) is 6.19. The molecule has 0 bridgehead atoms. The highest BCUT2D eigenvalue weighted by molar-refractivity contribution is 6.49. The van der Waals surface area contributed by atoms with Crippen LogP contribution >= 0.6 is 0 Å². The Labute approximate surface area is 182 Å². The highest BCUT2D eigenvalue weighted by Gasteiger charge is 2.36. The molecular formula is C23H14N6O3-2. The van der Waals surface area contributed by atoms with Crippen molar-refractivity contribution in [3.05, 3.63) is 145 Å². The first-order valence-corrected chi connectivity index (χ1v) is 9.06. The summed E-state index contributed by atoms with van der Waals surface area (Å²) in [4.78, 5) is 42.4. The zero-order valence-electron chi connectivity index (χ0n) is 16.5. The molecule has 4 rings (SSSR count). The van der Waals surface area contributed by atoms with Crippen molar-refractivity contribution in [2.24, 2.45) is 0 Å². The molecular weight excluding hydrogens is 408 g/mol. The summed E-state index contributed by atoms with van der Waals surface area (Å²) in [5, 5.41) is 0. The average Bonchev–Trinajstić information content (AvgIpc) is 2.83. The fourth-order valence-corrected chi connectivity index (χ4v) is 3.21. The highest BCUT2D eigenvalue weighted by atomic mass is 16.2. The number of hydrogen-bond acceptors (Lipinski definition) is 3. The van der Waals surface area contributed by atoms with Crippen LogP contribution in [0.15, 0.2) is 90.5 Å². The molecule has 1 aliphatic carbocycles. The molecule has 0 amide bonds. The molecule has 0 unspecified atom stereocenters. The first kappa shape index (κ1) is 23.3. The molecule has 0 radical (unpaired) electrons. The molecule has 3 aromatic rings. The van der Waals surface area contributed by atoms with Crippen LogP contribution in [0, 0.1) is 0 Å². The number of carbonyl (C=O) groups is 3. The number of rotatable bonds is 3. The lowest BCUT2D eigenvalue weighted by atomic mass is 9.78. The minimum absolute atomic E-state index is 0.0638. The number of fused-ring (bicyclic) bond motifs is 1. The molecule has 0 fully saturated rings. The molecule has 0 aliphatic heterocycles. The van der Waals surface area contributed by atoms with Crippen LogP contribution in [0.5, 0.6) is 0 Å². The van der Waals surface area contributed by atoms with Gasteiger partial charge >= 0.3 is 0 Å². The van der Waals surface area contributed by atoms with Gasteiger partial charge in [-0.2, -0.15) is 0 Å². The normalized spacial score (nSPS) is 11.5. The quantitative estimate of drug-likeness (QED) is 0.163. The van der Waals surface area contributed by atoms with Gasteiger partial charge in [-0.3, -0.25) is 24.2 Å². The van der Waals surface area contributed by atoms with Crippen molar-refractivity contribution in [3.63, 3.8) is 0 Å². The molecule has 0 saturated heterocycles. The predicted molar refractivity (Wildman–Crippen MR) is 119 cm³/mol. The van der Waals surface area contributed by atoms with Crippen LogP contribution in [0.25, 0.3) is 37.5 Å². The second kappa shape index (κ2) is 11.3. The van der Waals surface area contributed by atoms with E-state index in [-0.39, 0.29) is 22.5 Å². The highest BCUT2D eigenvalue weighted by Crippen LogP contribution is 2.34. The Balaban J connectivity index is 0.000000547. The van der Waals surface area contributed by atoms with Gasteiger partial charge in [-0.15, -0.1) is 0 Å². The van der Waals surface area contributed by atoms with Crippen LogP contribution in [0.4, 0.5) is 0 Å². The third-order valence-electron chi connectivity index (χ3n) is 4.45. The molecule has 156 valence electrons. The summed E-state index contributed by atoms with van der Waals surface area (Å²) in [6.07, 6.45) is 0. The lowest BCUT2D eigenvalue weighted by molar-refractivity contribution is 0.0940. The van der Waals surface area contributed by atoms with Crippen LogP contribution in [0.2, 0.25) is 0 Å². The fraction of sp³-hybridized carbons (Fsp3) is 0. The monoisotopic (exact) mass is 422 g/mol. The summed E-state index contributed by atoms with van der Waals surface area (Å²) in [6.45, 7) is 0. The molecule has 0 atom stereocenters. The van der Waals surface area contributed by atoms with Crippen LogP contribution in [0.3, 0.4) is 0 Å². The van der Waals surface area contributed by atoms with E-state index in [1.165, 1.54) is 9.82 Å². The Bertz CT molecular complexity index is 1240. The molecule has 1 aliphatic rings. The first-order valence-electron chi connectivity index (χ1n) is 9.06. The summed E-state index contributed by atoms with van der Waals surface area (Å²) >= 11 is 0. The third-order valence-corrected chi connectivity index (χ3v) is 4.45. The van der Waals surface area contributed by atoms with Gasteiger partial charge in [0.05, 0.1) is 5.57 Å². The molecule has 9 nitrogen and oxygen atoms in total. The van der Waals surface area contributed by atoms with Crippen molar-refractivity contribution in [3.8, 4) is 0 Å². The Kier molecular flexibility index (Phi) is 8.21. The minimum atomic E-state index is -0.433. The molecule has 32 heavy (non-hydrogen) atoms. The Morgan fingerprint density at radius 3 is 1.50 bits per heavy atom. The van der Waals surface area contributed by atoms with Gasteiger partial charge in [0.2, 0.25) is 0 Å². The van der Waals surface area contributed by atoms with Gasteiger partial charge in [-0.1, -0.05) is 84.9 Å². The standard InChI is InChI=1S/C23H14O3.2N3/c24-21(16-11-5-2-6-12-16)20-19(15-9-3-1-4-10-15)22(25)17-13-7-8-14-18(17)23(20)26;2*1-3-2/h1-14H;;/q;2*-1. The molecule has 3 aromatic carbocycles. The lowest BCUT2D eigenvalue weighted by Crippen LogP contribution is -2.26. The maximum atomic E-state index is 13.1. The Morgan fingerprint density at radius 1 is 0.594 bits per heavy atom. The molecule has 0 N–H and O–H groups in total. The maximum absolute atomic E-state index is 13.1. The maximum Gasteiger partial charge on any atom is 0.198 e. The smallest absolute Gasteiger partial charge is 0.198 e. The molecule has 0 heterocycles. The second-order valence-electron chi connectivity index (χ2n) is 6.19. The number of carbonyl (C=O) groups excluding carboxylic acids is 3. The number of benzene rings is 3. The zero-order chi connectivity index (χ0) is 23.5. The summed E-state index contributed by atoms with van der Waals surface area (Å²) < 4.78 is 0. The largest absolute Gasteiger partial charge is 0.373 e. The van der Waals surface area contributed by atoms with E-state index in [2.05, 4.69) is 0 Å². The van der Waals surface area contributed by atoms with E-state index in [0.29, 0.717) is 16.7 Å². The van der Waals surface area contributed by atoms with Crippen LogP contribution in [-0.2, 0) is 0 Å². The molecule has 0 spiro atoms. The number of Topliss-reactive ketones (excluding diaryl/α,β-unsaturated/α-hetero) is 3. The molecule has 0 saturated carbocycles. The zero-order valence-corrected chi connectivity index (χ0v) is 16.5. The van der Waals surface area contributed by atoms with Gasteiger partial charge in [0.15, 0.2) is 17.3 Å². The van der Waals surface area contributed by atoms with E-state index < -0.39 is 11.6 Å². The van der Waals surface area contributed by atoms with Crippen molar-refractivity contribution < 1.29 is 14.4 Å². The van der Waals surface area contributed by atoms with Gasteiger partial charge in [0.25, 0.3) is 0 Å². The average molecular weight is 422 g/mol. The minimum Gasteiger partial charge on any atom is -0.373 e. The van der Waals surface area contributed by atoms with E-state index >= 15 is 0 Å². The first-order chi connectivity index (χ1) is 15.5. The Morgan fingerprint density at radius 2 is 1.00 bits per heavy atom. The number of allylic oxidation sites excluding steroid dienone is 2. The van der Waals surface area contributed by atoms with Gasteiger partial charge in [0, 0.05) is 22.3 Å². The van der Waals surface area contributed by atoms with E-state index in [9.17, 15) is 14.4 Å². The van der Waals surface area contributed by atoms with Crippen molar-refractivity contribution in [2.75, 3.05) is 0 Å². The van der Waals surface area contributed by atoms with E-state index in [1.54, 1.807) is 78.9 Å². The summed E-state index contributed by atoms with van der Waals surface area (Å²) in [5.74, 6) is -1.14. The van der Waals surface area contributed by atoms with Crippen LogP contribution in [-0.4, -0.2) is 17.3 Å². The van der Waals surface area contributed by atoms with Gasteiger partial charge < -0.3 is 22.1 Å². The number of hydrogen-bond donors (Lipinski definition) is 0. The SMILES string of the molecule is O=C(C1=C(c2ccccc2)C(=O)c2ccccc2C1=O)c1ccccc1.[N-]=[N+]=[N-].[N-]=[N+]=[N-]. The molecule has 9 heteroatoms. The van der Waals surface area contributed by atoms with E-state index in [0.717, 1.165) is 0 Å². The number of ketones is 3. The van der Waals surface area contributed by atoms with Gasteiger partial charge in [0.1, 0.15) is 0 Å². The Hall–Kier alpha value is -4.97. The van der Waals surface area contributed by atoms with E-state index in [1.807, 2.05) is 6.07 Å². The van der Waals surface area contributed by atoms with Crippen molar-refractivity contribution in [2.45, 2.75) is 0 Å². The predicted octanol–water partition coefficient (Wildman–Crippen LogP) is 6.13. The van der Waals surface area contributed by atoms with Crippen LogP contribution in [0.1, 0.15) is 36.6 Å². The van der Waals surface area contributed by atoms with Crippen molar-refractivity contribution in [1.82, 2.24) is 0 Å². The van der Waals surface area contributed by atoms with Crippen LogP contribution < -0.4 is 0 Å².